The van der Waals surface area contributed by atoms with Crippen LogP contribution in [0.4, 0.5) is 5.00 Å². The van der Waals surface area contributed by atoms with Crippen molar-refractivity contribution in [1.29, 1.82) is 0 Å². The van der Waals surface area contributed by atoms with Crippen LogP contribution in [0.15, 0.2) is 30.3 Å². The third kappa shape index (κ3) is 5.26. The van der Waals surface area contributed by atoms with E-state index in [-0.39, 0.29) is 36.0 Å². The maximum Gasteiger partial charge on any atom is 0.394 e. The van der Waals surface area contributed by atoms with E-state index in [1.54, 1.807) is 0 Å². The maximum atomic E-state index is 12.4. The highest BCUT2D eigenvalue weighted by atomic mass is 32.1. The van der Waals surface area contributed by atoms with E-state index in [1.165, 1.54) is 0 Å². The molecule has 1 aliphatic heterocycles. The standard InChI is InChI=1S/C20H21N3O7S/c21-12(8-10-4-2-1-3-5-10)16(24)22-9-13-15-11(6-7-30-13)14(19(26)27)18(31-15)23-17(25)20(28)29/h1-5,12-13H,6-9,21H2,(H,22,24)(H,23,25)(H,26,27)(H,28,29). The number of rotatable bonds is 7. The maximum absolute atomic E-state index is 12.4. The molecule has 0 fully saturated rings. The summed E-state index contributed by atoms with van der Waals surface area (Å²) in [6.45, 7) is 0.271. The SMILES string of the molecule is NC(Cc1ccccc1)C(=O)NCC1OCCc2c1sc(NC(=O)C(=O)O)c2C(=O)O. The lowest BCUT2D eigenvalue weighted by Crippen LogP contribution is -2.44. The van der Waals surface area contributed by atoms with E-state index in [9.17, 15) is 24.3 Å². The zero-order valence-corrected chi connectivity index (χ0v) is 17.1. The third-order valence-electron chi connectivity index (χ3n) is 4.73. The van der Waals surface area contributed by atoms with E-state index in [0.29, 0.717) is 16.9 Å². The van der Waals surface area contributed by atoms with Gasteiger partial charge in [0.1, 0.15) is 11.1 Å². The number of hydrogen-bond donors (Lipinski definition) is 5. The van der Waals surface area contributed by atoms with Crippen molar-refractivity contribution in [3.05, 3.63) is 51.9 Å². The van der Waals surface area contributed by atoms with Crippen molar-refractivity contribution in [2.75, 3.05) is 18.5 Å². The molecular formula is C20H21N3O7S. The first kappa shape index (κ1) is 22.4. The number of hydrogen-bond acceptors (Lipinski definition) is 7. The first-order valence-electron chi connectivity index (χ1n) is 9.39. The fourth-order valence-corrected chi connectivity index (χ4v) is 4.56. The van der Waals surface area contributed by atoms with Gasteiger partial charge >= 0.3 is 17.8 Å². The van der Waals surface area contributed by atoms with Crippen LogP contribution < -0.4 is 16.4 Å². The van der Waals surface area contributed by atoms with Gasteiger partial charge in [-0.05, 0) is 24.0 Å². The lowest BCUT2D eigenvalue weighted by Gasteiger charge is -2.24. The summed E-state index contributed by atoms with van der Waals surface area (Å²) in [7, 11) is 0. The van der Waals surface area contributed by atoms with E-state index in [2.05, 4.69) is 10.6 Å². The number of carbonyl (C=O) groups is 4. The smallest absolute Gasteiger partial charge is 0.394 e. The number of aliphatic carboxylic acids is 1. The van der Waals surface area contributed by atoms with E-state index >= 15 is 0 Å². The van der Waals surface area contributed by atoms with Crippen molar-refractivity contribution in [1.82, 2.24) is 5.32 Å². The van der Waals surface area contributed by atoms with Crippen LogP contribution in [0, 0.1) is 0 Å². The predicted octanol–water partition coefficient (Wildman–Crippen LogP) is 0.769. The largest absolute Gasteiger partial charge is 0.478 e. The van der Waals surface area contributed by atoms with Crippen molar-refractivity contribution in [3.63, 3.8) is 0 Å². The number of amides is 2. The van der Waals surface area contributed by atoms with Gasteiger partial charge < -0.3 is 31.3 Å². The second kappa shape index (κ2) is 9.69. The molecule has 0 saturated carbocycles. The molecule has 164 valence electrons. The van der Waals surface area contributed by atoms with Gasteiger partial charge in [-0.25, -0.2) is 9.59 Å². The van der Waals surface area contributed by atoms with Crippen molar-refractivity contribution in [3.8, 4) is 0 Å². The summed E-state index contributed by atoms with van der Waals surface area (Å²) in [5.74, 6) is -4.73. The second-order valence-electron chi connectivity index (χ2n) is 6.86. The lowest BCUT2D eigenvalue weighted by molar-refractivity contribution is -0.147. The monoisotopic (exact) mass is 447 g/mol. The molecule has 1 aromatic carbocycles. The van der Waals surface area contributed by atoms with Gasteiger partial charge in [0.15, 0.2) is 0 Å². The average molecular weight is 447 g/mol. The molecule has 10 nitrogen and oxygen atoms in total. The molecule has 0 saturated heterocycles. The van der Waals surface area contributed by atoms with Gasteiger partial charge in [-0.15, -0.1) is 11.3 Å². The molecule has 0 aliphatic carbocycles. The van der Waals surface area contributed by atoms with Gasteiger partial charge in [0.25, 0.3) is 0 Å². The van der Waals surface area contributed by atoms with Crippen LogP contribution in [0.1, 0.15) is 32.5 Å². The fourth-order valence-electron chi connectivity index (χ4n) is 3.28. The van der Waals surface area contributed by atoms with E-state index in [1.807, 2.05) is 30.3 Å². The van der Waals surface area contributed by atoms with Crippen LogP contribution >= 0.6 is 11.3 Å². The molecule has 2 atom stereocenters. The molecule has 0 radical (unpaired) electrons. The molecule has 1 aromatic heterocycles. The molecule has 0 spiro atoms. The number of carboxylic acids is 2. The number of aromatic carboxylic acids is 1. The zero-order valence-electron chi connectivity index (χ0n) is 16.3. The Morgan fingerprint density at radius 1 is 1.19 bits per heavy atom. The summed E-state index contributed by atoms with van der Waals surface area (Å²) in [4.78, 5) is 47.0. The van der Waals surface area contributed by atoms with Gasteiger partial charge in [0.05, 0.1) is 18.2 Å². The lowest BCUT2D eigenvalue weighted by atomic mass is 10.0. The number of fused-ring (bicyclic) bond motifs is 1. The van der Waals surface area contributed by atoms with E-state index in [4.69, 9.17) is 15.6 Å². The van der Waals surface area contributed by atoms with Crippen molar-refractivity contribution < 1.29 is 34.1 Å². The van der Waals surface area contributed by atoms with Gasteiger partial charge in [-0.2, -0.15) is 0 Å². The average Bonchev–Trinajstić information content (AvgIpc) is 3.11. The Balaban J connectivity index is 1.72. The number of nitrogens with two attached hydrogens (primary N) is 1. The van der Waals surface area contributed by atoms with E-state index in [0.717, 1.165) is 16.9 Å². The highest BCUT2D eigenvalue weighted by Gasteiger charge is 2.32. The highest BCUT2D eigenvalue weighted by Crippen LogP contribution is 2.41. The topological polar surface area (TPSA) is 168 Å². The number of thiophene rings is 1. The van der Waals surface area contributed by atoms with Crippen molar-refractivity contribution in [2.24, 2.45) is 5.73 Å². The van der Waals surface area contributed by atoms with Crippen LogP contribution in [-0.2, 0) is 32.0 Å². The molecule has 3 rings (SSSR count). The van der Waals surface area contributed by atoms with Crippen molar-refractivity contribution >= 4 is 40.1 Å². The van der Waals surface area contributed by atoms with Crippen LogP contribution in [0.5, 0.6) is 0 Å². The van der Waals surface area contributed by atoms with Crippen LogP contribution in [-0.4, -0.2) is 53.2 Å². The fraction of sp³-hybridized carbons (Fsp3) is 0.300. The Morgan fingerprint density at radius 3 is 2.55 bits per heavy atom. The van der Waals surface area contributed by atoms with Crippen LogP contribution in [0.2, 0.25) is 0 Å². The zero-order chi connectivity index (χ0) is 22.5. The molecule has 2 heterocycles. The summed E-state index contributed by atoms with van der Waals surface area (Å²) in [5, 5.41) is 23.1. The van der Waals surface area contributed by atoms with Gasteiger partial charge in [-0.1, -0.05) is 30.3 Å². The number of nitrogens with one attached hydrogen (secondary N) is 2. The second-order valence-corrected chi connectivity index (χ2v) is 7.92. The summed E-state index contributed by atoms with van der Waals surface area (Å²) in [6, 6.07) is 8.55. The Labute approximate surface area is 181 Å². The first-order chi connectivity index (χ1) is 14.8. The number of carbonyl (C=O) groups excluding carboxylic acids is 2. The number of benzene rings is 1. The molecule has 0 bridgehead atoms. The first-order valence-corrected chi connectivity index (χ1v) is 10.2. The summed E-state index contributed by atoms with van der Waals surface area (Å²) >= 11 is 0.923. The minimum atomic E-state index is -1.73. The Bertz CT molecular complexity index is 1010. The molecule has 2 amide bonds. The molecular weight excluding hydrogens is 426 g/mol. The number of anilines is 1. The van der Waals surface area contributed by atoms with Gasteiger partial charge in [0, 0.05) is 11.4 Å². The summed E-state index contributed by atoms with van der Waals surface area (Å²) in [5.41, 5.74) is 7.20. The predicted molar refractivity (Wildman–Crippen MR) is 111 cm³/mol. The molecule has 2 unspecified atom stereocenters. The minimum Gasteiger partial charge on any atom is -0.478 e. The van der Waals surface area contributed by atoms with Crippen molar-refractivity contribution in [2.45, 2.75) is 25.0 Å². The summed E-state index contributed by atoms with van der Waals surface area (Å²) < 4.78 is 5.69. The Hall–Kier alpha value is -3.28. The number of ether oxygens (including phenoxy) is 1. The Morgan fingerprint density at radius 2 is 1.90 bits per heavy atom. The van der Waals surface area contributed by atoms with E-state index < -0.39 is 30.0 Å². The van der Waals surface area contributed by atoms with Crippen LogP contribution in [0.3, 0.4) is 0 Å². The molecule has 1 aliphatic rings. The molecule has 6 N–H and O–H groups in total. The summed E-state index contributed by atoms with van der Waals surface area (Å²) in [6.07, 6.45) is 0.000874. The van der Waals surface area contributed by atoms with Crippen LogP contribution in [0.25, 0.3) is 0 Å². The minimum absolute atomic E-state index is 0.0558. The molecule has 11 heteroatoms. The van der Waals surface area contributed by atoms with Gasteiger partial charge in [-0.3, -0.25) is 9.59 Å². The highest BCUT2D eigenvalue weighted by molar-refractivity contribution is 7.17. The molecule has 31 heavy (non-hydrogen) atoms. The number of carboxylic acid groups (broad SMARTS) is 2. The molecule has 2 aromatic rings. The van der Waals surface area contributed by atoms with Gasteiger partial charge in [0.2, 0.25) is 5.91 Å². The normalized spacial score (nSPS) is 16.1. The Kier molecular flexibility index (Phi) is 7.00. The third-order valence-corrected chi connectivity index (χ3v) is 5.97. The quantitative estimate of drug-likeness (QED) is 0.388.